The summed E-state index contributed by atoms with van der Waals surface area (Å²) in [4.78, 5) is 2.38. The Bertz CT molecular complexity index is 146. The molecule has 2 heterocycles. The predicted molar refractivity (Wildman–Crippen MR) is 44.8 cm³/mol. The summed E-state index contributed by atoms with van der Waals surface area (Å²) in [6, 6.07) is 0.808. The number of nitrogens with zero attached hydrogens (tertiary/aromatic N) is 1. The van der Waals surface area contributed by atoms with Crippen LogP contribution >= 0.6 is 24.0 Å². The van der Waals surface area contributed by atoms with Gasteiger partial charge in [-0.25, -0.2) is 0 Å². The molecule has 1 atom stereocenters. The van der Waals surface area contributed by atoms with Gasteiger partial charge in [0.2, 0.25) is 0 Å². The van der Waals surface area contributed by atoms with Crippen molar-refractivity contribution in [3.05, 3.63) is 0 Å². The minimum Gasteiger partial charge on any atom is -0.354 e. The quantitative estimate of drug-likeness (QED) is 0.493. The van der Waals surface area contributed by atoms with E-state index in [2.05, 4.69) is 4.90 Å². The first-order valence-electron chi connectivity index (χ1n) is 3.31. The van der Waals surface area contributed by atoms with Gasteiger partial charge in [0.1, 0.15) is 4.32 Å². The van der Waals surface area contributed by atoms with E-state index < -0.39 is 0 Å². The summed E-state index contributed by atoms with van der Waals surface area (Å²) in [6.07, 6.45) is 2.72. The van der Waals surface area contributed by atoms with Crippen molar-refractivity contribution >= 4 is 28.3 Å². The molecule has 0 aliphatic carbocycles. The molecule has 3 heteroatoms. The van der Waals surface area contributed by atoms with Crippen LogP contribution in [-0.2, 0) is 0 Å². The highest BCUT2D eigenvalue weighted by molar-refractivity contribution is 8.23. The Kier molecular flexibility index (Phi) is 1.42. The summed E-state index contributed by atoms with van der Waals surface area (Å²) in [6.45, 7) is 1.22. The highest BCUT2D eigenvalue weighted by Crippen LogP contribution is 2.31. The van der Waals surface area contributed by atoms with E-state index >= 15 is 0 Å². The number of fused-ring (bicyclic) bond motifs is 1. The first-order chi connectivity index (χ1) is 4.38. The van der Waals surface area contributed by atoms with Gasteiger partial charge in [0.25, 0.3) is 0 Å². The van der Waals surface area contributed by atoms with Gasteiger partial charge in [-0.2, -0.15) is 0 Å². The zero-order valence-electron chi connectivity index (χ0n) is 5.17. The monoisotopic (exact) mass is 159 g/mol. The summed E-state index contributed by atoms with van der Waals surface area (Å²) < 4.78 is 1.14. The molecule has 2 aliphatic heterocycles. The lowest BCUT2D eigenvalue weighted by Gasteiger charge is -2.14. The maximum Gasteiger partial charge on any atom is 0.136 e. The number of thioether (sulfide) groups is 1. The lowest BCUT2D eigenvalue weighted by Crippen LogP contribution is -2.25. The summed E-state index contributed by atoms with van der Waals surface area (Å²) in [5, 5.41) is 0. The largest absolute Gasteiger partial charge is 0.354 e. The summed E-state index contributed by atoms with van der Waals surface area (Å²) in [5.74, 6) is 1.25. The Hall–Kier alpha value is 0.240. The predicted octanol–water partition coefficient (Wildman–Crippen LogP) is 1.48. The second-order valence-electron chi connectivity index (χ2n) is 2.57. The summed E-state index contributed by atoms with van der Waals surface area (Å²) >= 11 is 6.99. The van der Waals surface area contributed by atoms with Gasteiger partial charge in [0.15, 0.2) is 0 Å². The first kappa shape index (κ1) is 5.98. The molecule has 1 nitrogen and oxygen atoms in total. The van der Waals surface area contributed by atoms with E-state index in [1.807, 2.05) is 11.8 Å². The van der Waals surface area contributed by atoms with Crippen molar-refractivity contribution in [1.82, 2.24) is 4.90 Å². The van der Waals surface area contributed by atoms with Gasteiger partial charge in [-0.05, 0) is 12.8 Å². The summed E-state index contributed by atoms with van der Waals surface area (Å²) in [7, 11) is 0. The van der Waals surface area contributed by atoms with Crippen molar-refractivity contribution in [3.8, 4) is 0 Å². The minimum absolute atomic E-state index is 0.808. The van der Waals surface area contributed by atoms with E-state index in [9.17, 15) is 0 Å². The fourth-order valence-electron chi connectivity index (χ4n) is 1.50. The Morgan fingerprint density at radius 3 is 3.33 bits per heavy atom. The van der Waals surface area contributed by atoms with Crippen LogP contribution in [0, 0.1) is 0 Å². The van der Waals surface area contributed by atoms with E-state index in [4.69, 9.17) is 12.2 Å². The molecule has 0 spiro atoms. The topological polar surface area (TPSA) is 3.24 Å². The normalized spacial score (nSPS) is 33.6. The molecule has 2 saturated heterocycles. The van der Waals surface area contributed by atoms with Crippen molar-refractivity contribution < 1.29 is 0 Å². The maximum atomic E-state index is 5.15. The third kappa shape index (κ3) is 0.867. The molecule has 50 valence electrons. The van der Waals surface area contributed by atoms with Crippen molar-refractivity contribution in [1.29, 1.82) is 0 Å². The van der Waals surface area contributed by atoms with Gasteiger partial charge in [0, 0.05) is 18.3 Å². The highest BCUT2D eigenvalue weighted by Gasteiger charge is 2.32. The molecule has 0 N–H and O–H groups in total. The molecule has 0 unspecified atom stereocenters. The smallest absolute Gasteiger partial charge is 0.136 e. The molecular weight excluding hydrogens is 150 g/mol. The molecule has 2 fully saturated rings. The van der Waals surface area contributed by atoms with Crippen LogP contribution in [-0.4, -0.2) is 27.6 Å². The molecule has 0 aromatic carbocycles. The molecule has 9 heavy (non-hydrogen) atoms. The number of hydrogen-bond donors (Lipinski definition) is 0. The van der Waals surface area contributed by atoms with Gasteiger partial charge < -0.3 is 4.90 Å². The van der Waals surface area contributed by atoms with E-state index in [-0.39, 0.29) is 0 Å². The Morgan fingerprint density at radius 1 is 1.67 bits per heavy atom. The fourth-order valence-corrected chi connectivity index (χ4v) is 3.03. The minimum atomic E-state index is 0.808. The molecule has 0 aromatic rings. The van der Waals surface area contributed by atoms with Gasteiger partial charge >= 0.3 is 0 Å². The van der Waals surface area contributed by atoms with E-state index in [0.717, 1.165) is 10.4 Å². The highest BCUT2D eigenvalue weighted by atomic mass is 32.2. The number of thiocarbonyl (C=S) groups is 1. The molecule has 0 amide bonds. The van der Waals surface area contributed by atoms with E-state index in [1.165, 1.54) is 25.1 Å². The van der Waals surface area contributed by atoms with Crippen molar-refractivity contribution in [2.75, 3.05) is 12.3 Å². The van der Waals surface area contributed by atoms with Crippen LogP contribution in [0.15, 0.2) is 0 Å². The molecule has 2 aliphatic rings. The average Bonchev–Trinajstić information content (AvgIpc) is 2.35. The lowest BCUT2D eigenvalue weighted by atomic mass is 10.2. The van der Waals surface area contributed by atoms with Crippen LogP contribution in [0.1, 0.15) is 12.8 Å². The van der Waals surface area contributed by atoms with Crippen molar-refractivity contribution in [3.63, 3.8) is 0 Å². The molecule has 0 aromatic heterocycles. The Labute approximate surface area is 64.8 Å². The fraction of sp³-hybridized carbons (Fsp3) is 0.833. The molecule has 0 radical (unpaired) electrons. The van der Waals surface area contributed by atoms with Crippen LogP contribution in [0.25, 0.3) is 0 Å². The van der Waals surface area contributed by atoms with Crippen LogP contribution in [0.4, 0.5) is 0 Å². The van der Waals surface area contributed by atoms with Gasteiger partial charge in [-0.15, -0.1) is 0 Å². The number of hydrogen-bond acceptors (Lipinski definition) is 2. The maximum absolute atomic E-state index is 5.15. The second kappa shape index (κ2) is 2.13. The van der Waals surface area contributed by atoms with Gasteiger partial charge in [0.05, 0.1) is 0 Å². The summed E-state index contributed by atoms with van der Waals surface area (Å²) in [5.41, 5.74) is 0. The molecule has 0 bridgehead atoms. The Balaban J connectivity index is 2.15. The Morgan fingerprint density at radius 2 is 2.56 bits per heavy atom. The van der Waals surface area contributed by atoms with Crippen LogP contribution in [0.2, 0.25) is 0 Å². The standard InChI is InChI=1S/C6H9NS2/c8-6-7-3-1-2-5(7)4-9-6/h5H,1-4H2/t5-/m0/s1. The lowest BCUT2D eigenvalue weighted by molar-refractivity contribution is 0.446. The average molecular weight is 159 g/mol. The van der Waals surface area contributed by atoms with E-state index in [1.54, 1.807) is 0 Å². The van der Waals surface area contributed by atoms with Gasteiger partial charge in [-0.1, -0.05) is 24.0 Å². The SMILES string of the molecule is S=C1SC[C@@H]2CCCN12. The second-order valence-corrected chi connectivity index (χ2v) is 4.22. The van der Waals surface area contributed by atoms with Gasteiger partial charge in [-0.3, -0.25) is 0 Å². The van der Waals surface area contributed by atoms with Crippen molar-refractivity contribution in [2.24, 2.45) is 0 Å². The number of rotatable bonds is 0. The van der Waals surface area contributed by atoms with Crippen LogP contribution in [0.3, 0.4) is 0 Å². The zero-order chi connectivity index (χ0) is 6.27. The zero-order valence-corrected chi connectivity index (χ0v) is 6.80. The van der Waals surface area contributed by atoms with Crippen LogP contribution < -0.4 is 0 Å². The van der Waals surface area contributed by atoms with Crippen LogP contribution in [0.5, 0.6) is 0 Å². The van der Waals surface area contributed by atoms with E-state index in [0.29, 0.717) is 0 Å². The molecule has 0 saturated carbocycles. The molecule has 2 rings (SSSR count). The molecular formula is C6H9NS2. The van der Waals surface area contributed by atoms with Crippen molar-refractivity contribution in [2.45, 2.75) is 18.9 Å². The first-order valence-corrected chi connectivity index (χ1v) is 4.71. The third-order valence-electron chi connectivity index (χ3n) is 2.01. The third-order valence-corrected chi connectivity index (χ3v) is 3.63.